The average molecular weight is 390 g/mol. The Bertz CT molecular complexity index is 839. The molecule has 0 spiro atoms. The highest BCUT2D eigenvalue weighted by Gasteiger charge is 2.36. The number of rotatable bonds is 7. The fraction of sp³-hybridized carbons (Fsp3) is 0.444. The van der Waals surface area contributed by atoms with Gasteiger partial charge >= 0.3 is 0 Å². The fourth-order valence-corrected chi connectivity index (χ4v) is 3.57. The SMILES string of the molecule is CCOCc1nnc(NC(=O)C2CC(=O)N(c3cc(C)ccc3OC)C2)s1. The second-order valence-electron chi connectivity index (χ2n) is 6.21. The second kappa shape index (κ2) is 8.45. The Labute approximate surface area is 161 Å². The molecule has 9 heteroatoms. The number of hydrogen-bond donors (Lipinski definition) is 1. The summed E-state index contributed by atoms with van der Waals surface area (Å²) in [6.07, 6.45) is 0.146. The number of aromatic nitrogens is 2. The number of anilines is 2. The van der Waals surface area contributed by atoms with E-state index in [0.29, 0.717) is 41.3 Å². The molecule has 1 aliphatic heterocycles. The number of nitrogens with one attached hydrogen (secondary N) is 1. The summed E-state index contributed by atoms with van der Waals surface area (Å²) in [4.78, 5) is 26.7. The van der Waals surface area contributed by atoms with Crippen LogP contribution in [0.5, 0.6) is 5.75 Å². The maximum atomic E-state index is 12.6. The van der Waals surface area contributed by atoms with Gasteiger partial charge in [-0.2, -0.15) is 0 Å². The lowest BCUT2D eigenvalue weighted by molar-refractivity contribution is -0.122. The second-order valence-corrected chi connectivity index (χ2v) is 7.27. The van der Waals surface area contributed by atoms with Gasteiger partial charge in [0.1, 0.15) is 17.4 Å². The first-order valence-corrected chi connectivity index (χ1v) is 9.49. The number of carbonyl (C=O) groups excluding carboxylic acids is 2. The molecule has 1 fully saturated rings. The van der Waals surface area contributed by atoms with Crippen LogP contribution >= 0.6 is 11.3 Å². The third-order valence-corrected chi connectivity index (χ3v) is 5.06. The van der Waals surface area contributed by atoms with Crippen molar-refractivity contribution in [2.24, 2.45) is 5.92 Å². The molecule has 1 aliphatic rings. The van der Waals surface area contributed by atoms with Crippen LogP contribution in [0.15, 0.2) is 18.2 Å². The molecule has 2 amide bonds. The van der Waals surface area contributed by atoms with Gasteiger partial charge in [-0.15, -0.1) is 10.2 Å². The van der Waals surface area contributed by atoms with Crippen LogP contribution in [0.2, 0.25) is 0 Å². The lowest BCUT2D eigenvalue weighted by Gasteiger charge is -2.20. The zero-order valence-electron chi connectivity index (χ0n) is 15.5. The number of nitrogens with zero attached hydrogens (tertiary/aromatic N) is 3. The maximum Gasteiger partial charge on any atom is 0.231 e. The molecule has 1 atom stereocenters. The van der Waals surface area contributed by atoms with Gasteiger partial charge in [0, 0.05) is 19.6 Å². The molecule has 1 saturated heterocycles. The number of hydrogen-bond acceptors (Lipinski definition) is 7. The molecule has 1 aromatic heterocycles. The standard InChI is InChI=1S/C18H22N4O4S/c1-4-26-10-15-20-21-18(27-15)19-17(24)12-8-16(23)22(9-12)13-7-11(2)5-6-14(13)25-3/h5-7,12H,4,8-10H2,1-3H3,(H,19,21,24). The molecule has 2 aromatic rings. The van der Waals surface area contributed by atoms with Crippen LogP contribution in [-0.2, 0) is 20.9 Å². The number of benzene rings is 1. The summed E-state index contributed by atoms with van der Waals surface area (Å²) in [5.74, 6) is -0.188. The summed E-state index contributed by atoms with van der Waals surface area (Å²) in [5, 5.41) is 11.8. The molecule has 144 valence electrons. The number of ether oxygens (including phenoxy) is 2. The molecular formula is C18H22N4O4S. The monoisotopic (exact) mass is 390 g/mol. The van der Waals surface area contributed by atoms with Crippen molar-refractivity contribution in [3.8, 4) is 5.75 Å². The Hall–Kier alpha value is -2.52. The summed E-state index contributed by atoms with van der Waals surface area (Å²) < 4.78 is 10.6. The highest BCUT2D eigenvalue weighted by molar-refractivity contribution is 7.15. The topological polar surface area (TPSA) is 93.7 Å². The van der Waals surface area contributed by atoms with Crippen LogP contribution < -0.4 is 15.0 Å². The first-order valence-electron chi connectivity index (χ1n) is 8.67. The smallest absolute Gasteiger partial charge is 0.231 e. The molecule has 0 aliphatic carbocycles. The normalized spacial score (nSPS) is 16.6. The van der Waals surface area contributed by atoms with Crippen molar-refractivity contribution >= 4 is 34.0 Å². The van der Waals surface area contributed by atoms with Gasteiger partial charge in [0.15, 0.2) is 0 Å². The lowest BCUT2D eigenvalue weighted by Crippen LogP contribution is -2.28. The van der Waals surface area contributed by atoms with E-state index in [2.05, 4.69) is 15.5 Å². The van der Waals surface area contributed by atoms with Gasteiger partial charge in [-0.05, 0) is 31.5 Å². The van der Waals surface area contributed by atoms with Gasteiger partial charge in [-0.1, -0.05) is 17.4 Å². The third-order valence-electron chi connectivity index (χ3n) is 4.25. The zero-order chi connectivity index (χ0) is 19.4. The number of methoxy groups -OCH3 is 1. The third kappa shape index (κ3) is 4.42. The molecule has 1 N–H and O–H groups in total. The van der Waals surface area contributed by atoms with Crippen LogP contribution in [-0.4, -0.2) is 42.3 Å². The Morgan fingerprint density at radius 3 is 2.96 bits per heavy atom. The van der Waals surface area contributed by atoms with Gasteiger partial charge in [0.2, 0.25) is 16.9 Å². The molecule has 0 saturated carbocycles. The van der Waals surface area contributed by atoms with E-state index in [1.165, 1.54) is 11.3 Å². The number of aryl methyl sites for hydroxylation is 1. The average Bonchev–Trinajstić information content (AvgIpc) is 3.26. The van der Waals surface area contributed by atoms with Crippen LogP contribution in [0.1, 0.15) is 23.9 Å². The zero-order valence-corrected chi connectivity index (χ0v) is 16.3. The highest BCUT2D eigenvalue weighted by Crippen LogP contribution is 2.34. The maximum absolute atomic E-state index is 12.6. The van der Waals surface area contributed by atoms with Crippen molar-refractivity contribution in [2.45, 2.75) is 26.9 Å². The van der Waals surface area contributed by atoms with Gasteiger partial charge in [-0.3, -0.25) is 9.59 Å². The van der Waals surface area contributed by atoms with Crippen molar-refractivity contribution in [2.75, 3.05) is 30.5 Å². The first kappa shape index (κ1) is 19.2. The largest absolute Gasteiger partial charge is 0.495 e. The van der Waals surface area contributed by atoms with Crippen LogP contribution in [0, 0.1) is 12.8 Å². The van der Waals surface area contributed by atoms with E-state index in [4.69, 9.17) is 9.47 Å². The molecule has 8 nitrogen and oxygen atoms in total. The number of amides is 2. The van der Waals surface area contributed by atoms with Crippen molar-refractivity contribution < 1.29 is 19.1 Å². The minimum Gasteiger partial charge on any atom is -0.495 e. The minimum atomic E-state index is -0.457. The highest BCUT2D eigenvalue weighted by atomic mass is 32.1. The Morgan fingerprint density at radius 1 is 1.41 bits per heavy atom. The van der Waals surface area contributed by atoms with Gasteiger partial charge in [0.05, 0.1) is 18.7 Å². The fourth-order valence-electron chi connectivity index (χ4n) is 2.89. The molecule has 1 unspecified atom stereocenters. The summed E-state index contributed by atoms with van der Waals surface area (Å²) in [6, 6.07) is 5.64. The minimum absolute atomic E-state index is 0.103. The van der Waals surface area contributed by atoms with E-state index < -0.39 is 5.92 Å². The van der Waals surface area contributed by atoms with Crippen molar-refractivity contribution in [1.82, 2.24) is 10.2 Å². The van der Waals surface area contributed by atoms with E-state index in [9.17, 15) is 9.59 Å². The molecule has 3 rings (SSSR count). The Kier molecular flexibility index (Phi) is 6.02. The Morgan fingerprint density at radius 2 is 2.22 bits per heavy atom. The van der Waals surface area contributed by atoms with Gasteiger partial charge in [-0.25, -0.2) is 0 Å². The molecular weight excluding hydrogens is 368 g/mol. The Balaban J connectivity index is 1.67. The van der Waals surface area contributed by atoms with E-state index in [1.807, 2.05) is 32.0 Å². The van der Waals surface area contributed by atoms with Crippen LogP contribution in [0.4, 0.5) is 10.8 Å². The van der Waals surface area contributed by atoms with Crippen LogP contribution in [0.3, 0.4) is 0 Å². The summed E-state index contributed by atoms with van der Waals surface area (Å²) in [5.41, 5.74) is 1.70. The molecule has 0 bridgehead atoms. The molecule has 0 radical (unpaired) electrons. The molecule has 27 heavy (non-hydrogen) atoms. The lowest BCUT2D eigenvalue weighted by atomic mass is 10.1. The number of carbonyl (C=O) groups is 2. The van der Waals surface area contributed by atoms with E-state index in [-0.39, 0.29) is 18.2 Å². The van der Waals surface area contributed by atoms with Crippen molar-refractivity contribution in [1.29, 1.82) is 0 Å². The van der Waals surface area contributed by atoms with Crippen molar-refractivity contribution in [3.63, 3.8) is 0 Å². The van der Waals surface area contributed by atoms with Crippen LogP contribution in [0.25, 0.3) is 0 Å². The molecule has 1 aromatic carbocycles. The van der Waals surface area contributed by atoms with E-state index in [0.717, 1.165) is 5.56 Å². The van der Waals surface area contributed by atoms with E-state index in [1.54, 1.807) is 12.0 Å². The summed E-state index contributed by atoms with van der Waals surface area (Å²) in [7, 11) is 1.56. The molecule has 2 heterocycles. The predicted molar refractivity (Wildman–Crippen MR) is 102 cm³/mol. The predicted octanol–water partition coefficient (Wildman–Crippen LogP) is 2.38. The van der Waals surface area contributed by atoms with Crippen molar-refractivity contribution in [3.05, 3.63) is 28.8 Å². The van der Waals surface area contributed by atoms with Gasteiger partial charge < -0.3 is 19.7 Å². The van der Waals surface area contributed by atoms with Gasteiger partial charge in [0.25, 0.3) is 0 Å². The summed E-state index contributed by atoms with van der Waals surface area (Å²) in [6.45, 7) is 5.10. The first-order chi connectivity index (χ1) is 13.0. The quantitative estimate of drug-likeness (QED) is 0.780. The summed E-state index contributed by atoms with van der Waals surface area (Å²) >= 11 is 1.27. The van der Waals surface area contributed by atoms with E-state index >= 15 is 0 Å².